The number of carbonyl (C=O) groups is 1. The van der Waals surface area contributed by atoms with Crippen LogP contribution < -0.4 is 14.4 Å². The highest BCUT2D eigenvalue weighted by atomic mass is 32.2. The third kappa shape index (κ3) is 4.69. The summed E-state index contributed by atoms with van der Waals surface area (Å²) in [4.78, 5) is 18.1. The van der Waals surface area contributed by atoms with Gasteiger partial charge in [-0.15, -0.1) is 11.8 Å². The van der Waals surface area contributed by atoms with Crippen molar-refractivity contribution in [3.05, 3.63) is 48.5 Å². The molecule has 1 aliphatic rings. The van der Waals surface area contributed by atoms with Crippen LogP contribution in [0.5, 0.6) is 11.5 Å². The summed E-state index contributed by atoms with van der Waals surface area (Å²) < 4.78 is 10.6. The van der Waals surface area contributed by atoms with Gasteiger partial charge in [-0.3, -0.25) is 4.79 Å². The van der Waals surface area contributed by atoms with Gasteiger partial charge in [-0.1, -0.05) is 18.2 Å². The highest BCUT2D eigenvalue weighted by Crippen LogP contribution is 2.34. The first-order valence-electron chi connectivity index (χ1n) is 9.10. The molecule has 1 saturated heterocycles. The quantitative estimate of drug-likeness (QED) is 0.711. The second kappa shape index (κ2) is 9.04. The minimum Gasteiger partial charge on any atom is -0.493 e. The van der Waals surface area contributed by atoms with Gasteiger partial charge in [0.15, 0.2) is 11.5 Å². The van der Waals surface area contributed by atoms with Gasteiger partial charge in [0.25, 0.3) is 0 Å². The number of amides is 1. The molecule has 0 aliphatic carbocycles. The van der Waals surface area contributed by atoms with E-state index in [1.165, 1.54) is 5.69 Å². The Morgan fingerprint density at radius 2 is 1.63 bits per heavy atom. The monoisotopic (exact) mass is 386 g/mol. The summed E-state index contributed by atoms with van der Waals surface area (Å²) in [7, 11) is 3.24. The van der Waals surface area contributed by atoms with Crippen LogP contribution in [0.15, 0.2) is 53.4 Å². The molecule has 2 aromatic rings. The Morgan fingerprint density at radius 1 is 0.963 bits per heavy atom. The van der Waals surface area contributed by atoms with Crippen molar-refractivity contribution in [2.24, 2.45) is 0 Å². The molecule has 27 heavy (non-hydrogen) atoms. The van der Waals surface area contributed by atoms with Crippen LogP contribution in [0.4, 0.5) is 5.69 Å². The first-order valence-corrected chi connectivity index (χ1v) is 9.98. The van der Waals surface area contributed by atoms with Crippen molar-refractivity contribution in [2.45, 2.75) is 17.1 Å². The number of methoxy groups -OCH3 is 2. The lowest BCUT2D eigenvalue weighted by Crippen LogP contribution is -2.50. The highest BCUT2D eigenvalue weighted by Gasteiger charge is 2.25. The third-order valence-corrected chi connectivity index (χ3v) is 5.81. The van der Waals surface area contributed by atoms with Gasteiger partial charge in [-0.05, 0) is 37.3 Å². The van der Waals surface area contributed by atoms with E-state index in [1.54, 1.807) is 26.0 Å². The molecule has 1 fully saturated rings. The van der Waals surface area contributed by atoms with E-state index < -0.39 is 0 Å². The Kier molecular flexibility index (Phi) is 6.50. The molecule has 1 atom stereocenters. The van der Waals surface area contributed by atoms with Crippen molar-refractivity contribution in [3.63, 3.8) is 0 Å². The van der Waals surface area contributed by atoms with E-state index in [9.17, 15) is 4.79 Å². The first-order chi connectivity index (χ1) is 13.1. The van der Waals surface area contributed by atoms with E-state index in [1.807, 2.05) is 36.1 Å². The Morgan fingerprint density at radius 3 is 2.26 bits per heavy atom. The molecule has 1 unspecified atom stereocenters. The molecule has 1 heterocycles. The number of hydrogen-bond acceptors (Lipinski definition) is 5. The maximum atomic E-state index is 12.9. The van der Waals surface area contributed by atoms with Crippen LogP contribution in [-0.4, -0.2) is 56.5 Å². The molecule has 0 saturated carbocycles. The smallest absolute Gasteiger partial charge is 0.235 e. The number of rotatable bonds is 6. The molecule has 0 spiro atoms. The fraction of sp³-hybridized carbons (Fsp3) is 0.381. The van der Waals surface area contributed by atoms with Crippen LogP contribution in [0.25, 0.3) is 0 Å². The number of para-hydroxylation sites is 1. The van der Waals surface area contributed by atoms with Gasteiger partial charge in [0.2, 0.25) is 5.91 Å². The molecule has 5 nitrogen and oxygen atoms in total. The number of ether oxygens (including phenoxy) is 2. The van der Waals surface area contributed by atoms with Crippen molar-refractivity contribution in [1.29, 1.82) is 0 Å². The van der Waals surface area contributed by atoms with Crippen LogP contribution in [0, 0.1) is 0 Å². The summed E-state index contributed by atoms with van der Waals surface area (Å²) in [5.74, 6) is 1.55. The summed E-state index contributed by atoms with van der Waals surface area (Å²) in [6.07, 6.45) is 0. The zero-order valence-electron chi connectivity index (χ0n) is 16.1. The average molecular weight is 387 g/mol. The summed E-state index contributed by atoms with van der Waals surface area (Å²) >= 11 is 1.55. The summed E-state index contributed by atoms with van der Waals surface area (Å²) in [6.45, 7) is 5.20. The zero-order valence-corrected chi connectivity index (χ0v) is 16.9. The van der Waals surface area contributed by atoms with E-state index >= 15 is 0 Å². The number of anilines is 1. The van der Waals surface area contributed by atoms with Gasteiger partial charge in [-0.25, -0.2) is 0 Å². The fourth-order valence-electron chi connectivity index (χ4n) is 3.23. The fourth-order valence-corrected chi connectivity index (χ4v) is 4.21. The van der Waals surface area contributed by atoms with Crippen LogP contribution in [0.1, 0.15) is 6.92 Å². The Bertz CT molecular complexity index is 761. The molecule has 3 rings (SSSR count). The zero-order chi connectivity index (χ0) is 19.2. The van der Waals surface area contributed by atoms with Crippen molar-refractivity contribution in [2.75, 3.05) is 45.3 Å². The average Bonchev–Trinajstić information content (AvgIpc) is 2.73. The van der Waals surface area contributed by atoms with E-state index in [-0.39, 0.29) is 11.2 Å². The Labute approximate surface area is 165 Å². The topological polar surface area (TPSA) is 42.0 Å². The molecule has 2 aromatic carbocycles. The number of nitrogens with zero attached hydrogens (tertiary/aromatic N) is 2. The lowest BCUT2D eigenvalue weighted by atomic mass is 10.2. The predicted octanol–water partition coefficient (Wildman–Crippen LogP) is 3.53. The van der Waals surface area contributed by atoms with Crippen LogP contribution >= 0.6 is 11.8 Å². The molecule has 0 bridgehead atoms. The second-order valence-electron chi connectivity index (χ2n) is 6.42. The van der Waals surface area contributed by atoms with Gasteiger partial charge in [0.1, 0.15) is 0 Å². The molecular weight excluding hydrogens is 360 g/mol. The molecule has 1 aliphatic heterocycles. The van der Waals surface area contributed by atoms with E-state index in [2.05, 4.69) is 29.2 Å². The van der Waals surface area contributed by atoms with Gasteiger partial charge in [0.05, 0.1) is 19.5 Å². The first kappa shape index (κ1) is 19.4. The summed E-state index contributed by atoms with van der Waals surface area (Å²) in [5, 5.41) is -0.147. The predicted molar refractivity (Wildman–Crippen MR) is 110 cm³/mol. The number of hydrogen-bond donors (Lipinski definition) is 0. The van der Waals surface area contributed by atoms with Crippen LogP contribution in [0.2, 0.25) is 0 Å². The lowest BCUT2D eigenvalue weighted by molar-refractivity contribution is -0.130. The number of piperazine rings is 1. The van der Waals surface area contributed by atoms with Gasteiger partial charge in [0, 0.05) is 36.8 Å². The van der Waals surface area contributed by atoms with Crippen molar-refractivity contribution < 1.29 is 14.3 Å². The maximum Gasteiger partial charge on any atom is 0.235 e. The highest BCUT2D eigenvalue weighted by molar-refractivity contribution is 8.00. The number of carbonyl (C=O) groups excluding carboxylic acids is 1. The minimum atomic E-state index is -0.147. The third-order valence-electron chi connectivity index (χ3n) is 4.73. The molecule has 6 heteroatoms. The number of thioether (sulfide) groups is 1. The number of benzene rings is 2. The van der Waals surface area contributed by atoms with Gasteiger partial charge in [-0.2, -0.15) is 0 Å². The van der Waals surface area contributed by atoms with Crippen molar-refractivity contribution in [3.8, 4) is 11.5 Å². The van der Waals surface area contributed by atoms with Gasteiger partial charge >= 0.3 is 0 Å². The Hall–Kier alpha value is -2.34. The van der Waals surface area contributed by atoms with E-state index in [4.69, 9.17) is 9.47 Å². The SMILES string of the molecule is COc1ccc(SC(C)C(=O)N2CCN(c3ccccc3)CC2)cc1OC. The van der Waals surface area contributed by atoms with Crippen LogP contribution in [0.3, 0.4) is 0 Å². The van der Waals surface area contributed by atoms with Crippen molar-refractivity contribution in [1.82, 2.24) is 4.90 Å². The van der Waals surface area contributed by atoms with Crippen molar-refractivity contribution >= 4 is 23.4 Å². The molecule has 0 aromatic heterocycles. The maximum absolute atomic E-state index is 12.9. The van der Waals surface area contributed by atoms with Crippen LogP contribution in [-0.2, 0) is 4.79 Å². The van der Waals surface area contributed by atoms with Gasteiger partial charge < -0.3 is 19.3 Å². The molecule has 0 radical (unpaired) electrons. The summed E-state index contributed by atoms with van der Waals surface area (Å²) in [6, 6.07) is 16.1. The van der Waals surface area contributed by atoms with E-state index in [0.29, 0.717) is 11.5 Å². The largest absolute Gasteiger partial charge is 0.493 e. The normalized spacial score (nSPS) is 15.4. The molecule has 0 N–H and O–H groups in total. The molecule has 144 valence electrons. The minimum absolute atomic E-state index is 0.147. The lowest BCUT2D eigenvalue weighted by Gasteiger charge is -2.37. The molecule has 1 amide bonds. The Balaban J connectivity index is 1.57. The second-order valence-corrected chi connectivity index (χ2v) is 7.84. The summed E-state index contributed by atoms with van der Waals surface area (Å²) in [5.41, 5.74) is 1.22. The molecular formula is C21H26N2O3S. The standard InChI is InChI=1S/C21H26N2O3S/c1-16(27-18-9-10-19(25-2)20(15-18)26-3)21(24)23-13-11-22(12-14-23)17-7-5-4-6-8-17/h4-10,15-16H,11-14H2,1-3H3. The van der Waals surface area contributed by atoms with E-state index in [0.717, 1.165) is 31.1 Å².